The lowest BCUT2D eigenvalue weighted by molar-refractivity contribution is 0.161. The Labute approximate surface area is 113 Å². The highest BCUT2D eigenvalue weighted by Gasteiger charge is 2.25. The predicted molar refractivity (Wildman–Crippen MR) is 78.0 cm³/mol. The largest absolute Gasteiger partial charge is 0.326 e. The maximum absolute atomic E-state index is 6.17. The van der Waals surface area contributed by atoms with E-state index >= 15 is 0 Å². The summed E-state index contributed by atoms with van der Waals surface area (Å²) >= 11 is 3.62. The highest BCUT2D eigenvalue weighted by molar-refractivity contribution is 9.10. The van der Waals surface area contributed by atoms with Crippen molar-refractivity contribution in [3.63, 3.8) is 0 Å². The molecule has 2 N–H and O–H groups in total. The number of nitrogens with two attached hydrogens (primary N) is 1. The van der Waals surface area contributed by atoms with E-state index in [1.165, 1.54) is 5.56 Å². The van der Waals surface area contributed by atoms with Gasteiger partial charge in [0.05, 0.1) is 6.04 Å². The number of hydrogen-bond acceptors (Lipinski definition) is 2. The summed E-state index contributed by atoms with van der Waals surface area (Å²) in [4.78, 5) is 2.37. The summed E-state index contributed by atoms with van der Waals surface area (Å²) in [6.07, 6.45) is 1.13. The molecule has 0 saturated carbocycles. The summed E-state index contributed by atoms with van der Waals surface area (Å²) in [6.45, 7) is 6.52. The Morgan fingerprint density at radius 2 is 1.88 bits per heavy atom. The first-order chi connectivity index (χ1) is 7.99. The first-order valence-electron chi connectivity index (χ1n) is 6.21. The maximum atomic E-state index is 6.17. The van der Waals surface area contributed by atoms with E-state index in [0.29, 0.717) is 6.04 Å². The van der Waals surface area contributed by atoms with Crippen LogP contribution in [0.4, 0.5) is 0 Å². The summed E-state index contributed by atoms with van der Waals surface area (Å²) in [5, 5.41) is 0. The van der Waals surface area contributed by atoms with Gasteiger partial charge in [-0.05, 0) is 38.9 Å². The molecule has 1 aromatic carbocycles. The Kier molecular flexibility index (Phi) is 5.63. The molecule has 17 heavy (non-hydrogen) atoms. The van der Waals surface area contributed by atoms with Crippen molar-refractivity contribution in [2.75, 3.05) is 7.05 Å². The molecule has 0 saturated heterocycles. The van der Waals surface area contributed by atoms with E-state index in [9.17, 15) is 0 Å². The molecular formula is C14H23BrN2. The molecule has 1 aromatic rings. The summed E-state index contributed by atoms with van der Waals surface area (Å²) in [5.74, 6) is 0. The van der Waals surface area contributed by atoms with E-state index in [-0.39, 0.29) is 12.1 Å². The lowest BCUT2D eigenvalue weighted by Crippen LogP contribution is -2.41. The van der Waals surface area contributed by atoms with Crippen molar-refractivity contribution in [2.24, 2.45) is 5.73 Å². The van der Waals surface area contributed by atoms with Crippen LogP contribution in [0.5, 0.6) is 0 Å². The van der Waals surface area contributed by atoms with E-state index in [1.807, 2.05) is 6.07 Å². The molecule has 0 heterocycles. The van der Waals surface area contributed by atoms with Crippen molar-refractivity contribution < 1.29 is 0 Å². The van der Waals surface area contributed by atoms with Crippen LogP contribution in [0, 0.1) is 0 Å². The Morgan fingerprint density at radius 1 is 1.29 bits per heavy atom. The molecule has 0 bridgehead atoms. The zero-order valence-corrected chi connectivity index (χ0v) is 12.7. The Morgan fingerprint density at radius 3 is 2.35 bits per heavy atom. The van der Waals surface area contributed by atoms with Crippen LogP contribution in [0.25, 0.3) is 0 Å². The van der Waals surface area contributed by atoms with Crippen LogP contribution in [-0.4, -0.2) is 24.0 Å². The van der Waals surface area contributed by atoms with Gasteiger partial charge in [0.1, 0.15) is 0 Å². The second-order valence-corrected chi connectivity index (χ2v) is 5.60. The van der Waals surface area contributed by atoms with E-state index in [4.69, 9.17) is 5.73 Å². The molecule has 3 atom stereocenters. The topological polar surface area (TPSA) is 29.3 Å². The van der Waals surface area contributed by atoms with Crippen LogP contribution >= 0.6 is 15.9 Å². The summed E-state index contributed by atoms with van der Waals surface area (Å²) < 4.78 is 1.14. The van der Waals surface area contributed by atoms with E-state index in [1.54, 1.807) is 0 Å². The fraction of sp³-hybridized carbons (Fsp3) is 0.571. The minimum Gasteiger partial charge on any atom is -0.326 e. The van der Waals surface area contributed by atoms with Gasteiger partial charge in [-0.2, -0.15) is 0 Å². The molecule has 3 unspecified atom stereocenters. The van der Waals surface area contributed by atoms with Gasteiger partial charge in [-0.3, -0.25) is 4.90 Å². The van der Waals surface area contributed by atoms with Crippen molar-refractivity contribution in [1.82, 2.24) is 4.90 Å². The number of nitrogens with zero attached hydrogens (tertiary/aromatic N) is 1. The van der Waals surface area contributed by atoms with Gasteiger partial charge >= 0.3 is 0 Å². The Hall–Kier alpha value is -0.380. The monoisotopic (exact) mass is 298 g/mol. The molecule has 0 aliphatic heterocycles. The first-order valence-corrected chi connectivity index (χ1v) is 7.00. The summed E-state index contributed by atoms with van der Waals surface area (Å²) in [7, 11) is 2.15. The number of likely N-dealkylation sites (N-methyl/N-ethyl adjacent to an activating group) is 1. The molecule has 0 aromatic heterocycles. The fourth-order valence-electron chi connectivity index (χ4n) is 2.15. The van der Waals surface area contributed by atoms with Crippen molar-refractivity contribution in [3.8, 4) is 0 Å². The van der Waals surface area contributed by atoms with E-state index < -0.39 is 0 Å². The van der Waals surface area contributed by atoms with Crippen molar-refractivity contribution in [3.05, 3.63) is 34.3 Å². The molecule has 0 aliphatic rings. The highest BCUT2D eigenvalue weighted by atomic mass is 79.9. The first kappa shape index (κ1) is 14.7. The average molecular weight is 299 g/mol. The van der Waals surface area contributed by atoms with Gasteiger partial charge in [0.2, 0.25) is 0 Å². The van der Waals surface area contributed by atoms with Crippen molar-refractivity contribution in [1.29, 1.82) is 0 Å². The number of benzene rings is 1. The van der Waals surface area contributed by atoms with Crippen LogP contribution in [0.3, 0.4) is 0 Å². The van der Waals surface area contributed by atoms with Gasteiger partial charge in [-0.15, -0.1) is 0 Å². The molecule has 0 radical (unpaired) electrons. The van der Waals surface area contributed by atoms with Crippen LogP contribution in [0.1, 0.15) is 38.8 Å². The fourth-order valence-corrected chi connectivity index (χ4v) is 2.67. The third kappa shape index (κ3) is 3.54. The van der Waals surface area contributed by atoms with Crippen LogP contribution in [-0.2, 0) is 0 Å². The highest BCUT2D eigenvalue weighted by Crippen LogP contribution is 2.30. The standard InChI is InChI=1S/C14H23BrN2/c1-5-10(2)17(4)14(11(3)16)12-8-6-7-9-13(12)15/h6-11,14H,5,16H2,1-4H3. The summed E-state index contributed by atoms with van der Waals surface area (Å²) in [6, 6.07) is 9.22. The zero-order chi connectivity index (χ0) is 13.0. The number of rotatable bonds is 5. The molecule has 1 rings (SSSR count). The molecule has 0 fully saturated rings. The molecular weight excluding hydrogens is 276 g/mol. The quantitative estimate of drug-likeness (QED) is 0.900. The van der Waals surface area contributed by atoms with Crippen LogP contribution < -0.4 is 5.73 Å². The molecule has 96 valence electrons. The van der Waals surface area contributed by atoms with Crippen LogP contribution in [0.2, 0.25) is 0 Å². The second kappa shape index (κ2) is 6.53. The smallest absolute Gasteiger partial charge is 0.0507 e. The predicted octanol–water partition coefficient (Wildman–Crippen LogP) is 3.57. The van der Waals surface area contributed by atoms with Gasteiger partial charge in [0.15, 0.2) is 0 Å². The third-order valence-electron chi connectivity index (χ3n) is 3.45. The van der Waals surface area contributed by atoms with Gasteiger partial charge in [-0.25, -0.2) is 0 Å². The Balaban J connectivity index is 3.06. The normalized spacial score (nSPS) is 16.9. The minimum absolute atomic E-state index is 0.104. The van der Waals surface area contributed by atoms with Gasteiger partial charge in [-0.1, -0.05) is 41.1 Å². The number of halogens is 1. The molecule has 0 aliphatic carbocycles. The SMILES string of the molecule is CCC(C)N(C)C(c1ccccc1Br)C(C)N. The lowest BCUT2D eigenvalue weighted by atomic mass is 9.98. The Bertz CT molecular complexity index is 352. The van der Waals surface area contributed by atoms with E-state index in [0.717, 1.165) is 10.9 Å². The lowest BCUT2D eigenvalue weighted by Gasteiger charge is -2.36. The maximum Gasteiger partial charge on any atom is 0.0507 e. The van der Waals surface area contributed by atoms with Gasteiger partial charge in [0, 0.05) is 16.6 Å². The van der Waals surface area contributed by atoms with Crippen molar-refractivity contribution in [2.45, 2.75) is 45.3 Å². The summed E-state index contributed by atoms with van der Waals surface area (Å²) in [5.41, 5.74) is 7.44. The molecule has 0 amide bonds. The van der Waals surface area contributed by atoms with E-state index in [2.05, 4.69) is 66.8 Å². The zero-order valence-electron chi connectivity index (χ0n) is 11.2. The van der Waals surface area contributed by atoms with Gasteiger partial charge < -0.3 is 5.73 Å². The second-order valence-electron chi connectivity index (χ2n) is 4.75. The average Bonchev–Trinajstić information content (AvgIpc) is 2.30. The van der Waals surface area contributed by atoms with Crippen LogP contribution in [0.15, 0.2) is 28.7 Å². The molecule has 3 heteroatoms. The minimum atomic E-state index is 0.104. The van der Waals surface area contributed by atoms with Crippen molar-refractivity contribution >= 4 is 15.9 Å². The molecule has 0 spiro atoms. The molecule has 2 nitrogen and oxygen atoms in total. The number of hydrogen-bond donors (Lipinski definition) is 1. The van der Waals surface area contributed by atoms with Gasteiger partial charge in [0.25, 0.3) is 0 Å². The third-order valence-corrected chi connectivity index (χ3v) is 4.17.